The zero-order valence-corrected chi connectivity index (χ0v) is 28.9. The molecule has 3 heterocycles. The van der Waals surface area contributed by atoms with Crippen LogP contribution in [0.1, 0.15) is 75.6 Å². The number of rotatable bonds is 5. The first kappa shape index (κ1) is 25.8. The Balaban J connectivity index is 0.000000217. The largest absolute Gasteiger partial charge is 0.557 e. The zero-order chi connectivity index (χ0) is 36.7. The molecule has 0 saturated carbocycles. The molecule has 1 radical (unpaired) electrons. The summed E-state index contributed by atoms with van der Waals surface area (Å²) in [6, 6.07) is 31.7. The molecule has 0 N–H and O–H groups in total. The van der Waals surface area contributed by atoms with Gasteiger partial charge in [-0.1, -0.05) is 112 Å². The topological polar surface area (TPSA) is 43.9 Å². The Morgan fingerprint density at radius 3 is 2.17 bits per heavy atom. The fourth-order valence-electron chi connectivity index (χ4n) is 5.58. The molecule has 0 atom stereocenters. The summed E-state index contributed by atoms with van der Waals surface area (Å²) < 4.78 is 51.8. The normalized spacial score (nSPS) is 13.6. The van der Waals surface area contributed by atoms with Gasteiger partial charge < -0.3 is 14.0 Å². The molecule has 4 nitrogen and oxygen atoms in total. The molecule has 235 valence electrons. The first-order valence-electron chi connectivity index (χ1n) is 18.1. The van der Waals surface area contributed by atoms with Gasteiger partial charge in [0.05, 0.1) is 16.9 Å². The number of hydrogen-bond donors (Lipinski definition) is 0. The number of furan rings is 1. The van der Waals surface area contributed by atoms with Crippen molar-refractivity contribution in [2.75, 3.05) is 0 Å². The third-order valence-corrected chi connectivity index (χ3v) is 7.87. The van der Waals surface area contributed by atoms with E-state index in [4.69, 9.17) is 17.6 Å². The second kappa shape index (κ2) is 14.0. The van der Waals surface area contributed by atoms with E-state index in [1.54, 1.807) is 12.1 Å². The van der Waals surface area contributed by atoms with E-state index >= 15 is 0 Å². The number of aryl methyl sites for hydroxylation is 3. The van der Waals surface area contributed by atoms with E-state index in [9.17, 15) is 0 Å². The number of pyridine rings is 1. The van der Waals surface area contributed by atoms with Crippen molar-refractivity contribution in [1.82, 2.24) is 14.5 Å². The molecular formula is C41H39IrN3O-2. The summed E-state index contributed by atoms with van der Waals surface area (Å²) in [6.45, 7) is 6.78. The maximum absolute atomic E-state index is 7.28. The summed E-state index contributed by atoms with van der Waals surface area (Å²) >= 11 is 0. The quantitative estimate of drug-likeness (QED) is 0.163. The Hall–Kier alpha value is -4.31. The average Bonchev–Trinajstić information content (AvgIpc) is 3.68. The van der Waals surface area contributed by atoms with Crippen LogP contribution in [0.3, 0.4) is 0 Å². The molecule has 0 fully saturated rings. The summed E-state index contributed by atoms with van der Waals surface area (Å²) in [7, 11) is 0. The number of imidazole rings is 1. The third kappa shape index (κ3) is 6.63. The van der Waals surface area contributed by atoms with Crippen molar-refractivity contribution in [1.29, 1.82) is 0 Å². The Morgan fingerprint density at radius 1 is 0.804 bits per heavy atom. The van der Waals surface area contributed by atoms with Crippen molar-refractivity contribution >= 4 is 22.0 Å². The smallest absolute Gasteiger partial charge is 0.0774 e. The molecule has 7 aromatic rings. The van der Waals surface area contributed by atoms with Crippen molar-refractivity contribution in [3.63, 3.8) is 0 Å². The molecular weight excluding hydrogens is 743 g/mol. The van der Waals surface area contributed by atoms with Crippen molar-refractivity contribution in [3.05, 3.63) is 137 Å². The van der Waals surface area contributed by atoms with Gasteiger partial charge in [-0.3, -0.25) is 4.98 Å². The average molecular weight is 788 g/mol. The number of nitrogens with zero attached hydrogens (tertiary/aromatic N) is 3. The van der Waals surface area contributed by atoms with Crippen LogP contribution in [0.5, 0.6) is 0 Å². The van der Waals surface area contributed by atoms with Gasteiger partial charge >= 0.3 is 0 Å². The molecule has 4 aromatic carbocycles. The minimum Gasteiger partial charge on any atom is -0.557 e. The summed E-state index contributed by atoms with van der Waals surface area (Å²) in [5.74, 6) is 1.64. The Bertz CT molecular complexity index is 2220. The predicted molar refractivity (Wildman–Crippen MR) is 186 cm³/mol. The van der Waals surface area contributed by atoms with Crippen LogP contribution >= 0.6 is 0 Å². The maximum Gasteiger partial charge on any atom is 0.0774 e. The fourth-order valence-corrected chi connectivity index (χ4v) is 5.58. The molecule has 3 aromatic heterocycles. The maximum atomic E-state index is 7.28. The first-order chi connectivity index (χ1) is 24.1. The molecule has 5 heteroatoms. The number of benzene rings is 4. The minimum absolute atomic E-state index is 0. The number of aromatic nitrogens is 3. The van der Waals surface area contributed by atoms with Gasteiger partial charge in [-0.25, -0.2) is 0 Å². The SMILES string of the molecule is Cc1ccc2o[c-]c(-c3nc4ccccc4n3-c3c(C(C)C)cccc3C(C)C)c2c1.[2H]C([2H])([2H])c1c[c-]c(-c2ccc(C([2H])([2H])[2H])cn2)cc1.[Ir]. The fraction of sp³-hybridized carbons (Fsp3) is 0.220. The standard InChI is InChI=1S/C28H27N2O.C13H12N.Ir/c1-17(2)20-9-8-10-21(18(3)4)27(20)30-25-12-7-6-11-24(25)29-28(30)23-16-31-26-14-13-19(5)15-22(23)26;1-10-3-6-12(7-4-10)13-8-5-11(2)9-14-13;/h6-15,17-18H,1-5H3;3-6,8-9H,1-2H3;/q2*-1;/i;1D3,2D3;. The molecule has 46 heavy (non-hydrogen) atoms. The van der Waals surface area contributed by atoms with Crippen LogP contribution in [0.2, 0.25) is 0 Å². The van der Waals surface area contributed by atoms with Crippen LogP contribution < -0.4 is 0 Å². The Labute approximate surface area is 294 Å². The molecule has 0 aliphatic heterocycles. The van der Waals surface area contributed by atoms with Crippen LogP contribution in [0, 0.1) is 33.0 Å². The zero-order valence-electron chi connectivity index (χ0n) is 32.5. The van der Waals surface area contributed by atoms with Crippen LogP contribution in [0.15, 0.2) is 102 Å². The minimum atomic E-state index is -2.18. The van der Waals surface area contributed by atoms with Crippen molar-refractivity contribution in [2.45, 2.75) is 60.2 Å². The van der Waals surface area contributed by atoms with Gasteiger partial charge in [0.2, 0.25) is 0 Å². The Kier molecular flexibility index (Phi) is 7.86. The molecule has 0 saturated heterocycles. The second-order valence-corrected chi connectivity index (χ2v) is 11.9. The second-order valence-electron chi connectivity index (χ2n) is 11.9. The van der Waals surface area contributed by atoms with E-state index in [-0.39, 0.29) is 31.2 Å². The van der Waals surface area contributed by atoms with Crippen LogP contribution in [-0.4, -0.2) is 14.5 Å². The number of para-hydroxylation sites is 3. The summed E-state index contributed by atoms with van der Waals surface area (Å²) in [4.78, 5) is 9.16. The summed E-state index contributed by atoms with van der Waals surface area (Å²) in [6.07, 6.45) is 4.47. The van der Waals surface area contributed by atoms with E-state index in [0.29, 0.717) is 23.1 Å². The molecule has 0 amide bonds. The molecule has 7 rings (SSSR count). The first-order valence-corrected chi connectivity index (χ1v) is 15.1. The molecule has 0 unspecified atom stereocenters. The monoisotopic (exact) mass is 788 g/mol. The van der Waals surface area contributed by atoms with Gasteiger partial charge in [-0.05, 0) is 60.1 Å². The summed E-state index contributed by atoms with van der Waals surface area (Å²) in [5, 5.41) is 1.05. The van der Waals surface area contributed by atoms with Gasteiger partial charge in [0.1, 0.15) is 0 Å². The van der Waals surface area contributed by atoms with E-state index in [0.717, 1.165) is 33.4 Å². The molecule has 0 spiro atoms. The van der Waals surface area contributed by atoms with Crippen molar-refractivity contribution in [2.24, 2.45) is 0 Å². The van der Waals surface area contributed by atoms with E-state index in [1.807, 2.05) is 12.1 Å². The van der Waals surface area contributed by atoms with Gasteiger partial charge in [-0.15, -0.1) is 35.4 Å². The van der Waals surface area contributed by atoms with Crippen molar-refractivity contribution < 1.29 is 32.7 Å². The summed E-state index contributed by atoms with van der Waals surface area (Å²) in [5.41, 5.74) is 10.4. The van der Waals surface area contributed by atoms with Gasteiger partial charge in [-0.2, -0.15) is 0 Å². The number of fused-ring (bicyclic) bond motifs is 2. The third-order valence-electron chi connectivity index (χ3n) is 7.87. The molecule has 0 aliphatic rings. The van der Waals surface area contributed by atoms with Gasteiger partial charge in [0.25, 0.3) is 0 Å². The Morgan fingerprint density at radius 2 is 1.52 bits per heavy atom. The molecule has 0 bridgehead atoms. The van der Waals surface area contributed by atoms with Gasteiger partial charge in [0.15, 0.2) is 0 Å². The van der Waals surface area contributed by atoms with Crippen LogP contribution in [-0.2, 0) is 20.1 Å². The van der Waals surface area contributed by atoms with E-state index < -0.39 is 13.7 Å². The molecule has 0 aliphatic carbocycles. The van der Waals surface area contributed by atoms with Gasteiger partial charge in [0, 0.05) is 52.1 Å². The van der Waals surface area contributed by atoms with Crippen LogP contribution in [0.25, 0.3) is 50.3 Å². The van der Waals surface area contributed by atoms with E-state index in [1.165, 1.54) is 46.8 Å². The number of hydrogen-bond acceptors (Lipinski definition) is 3. The van der Waals surface area contributed by atoms with Crippen LogP contribution in [0.4, 0.5) is 0 Å². The van der Waals surface area contributed by atoms with Crippen molar-refractivity contribution in [3.8, 4) is 28.3 Å². The predicted octanol–water partition coefficient (Wildman–Crippen LogP) is 11.0. The van der Waals surface area contributed by atoms with E-state index in [2.05, 4.69) is 105 Å².